The summed E-state index contributed by atoms with van der Waals surface area (Å²) >= 11 is 5.91. The standard InChI is InChI=1S/C9H9ClN5/c10-7-6-8(14-9(11)13-7)15(4-12-6)3-5-1-2-5/h4H,1-3H2,(H2,11,13,14). The summed E-state index contributed by atoms with van der Waals surface area (Å²) in [5, 5.41) is 0.317. The molecule has 15 heavy (non-hydrogen) atoms. The van der Waals surface area contributed by atoms with Gasteiger partial charge in [-0.05, 0) is 18.8 Å². The normalized spacial score (nSPS) is 16.1. The number of rotatable bonds is 2. The second kappa shape index (κ2) is 3.06. The lowest BCUT2D eigenvalue weighted by Crippen LogP contribution is -2.01. The van der Waals surface area contributed by atoms with Gasteiger partial charge in [-0.3, -0.25) is 0 Å². The number of aromatic nitrogens is 4. The Morgan fingerprint density at radius 1 is 1.40 bits per heavy atom. The number of anilines is 1. The van der Waals surface area contributed by atoms with Crippen molar-refractivity contribution in [2.24, 2.45) is 0 Å². The van der Waals surface area contributed by atoms with Crippen molar-refractivity contribution >= 4 is 28.7 Å². The van der Waals surface area contributed by atoms with E-state index in [4.69, 9.17) is 17.3 Å². The van der Waals surface area contributed by atoms with Crippen molar-refractivity contribution in [2.75, 3.05) is 5.73 Å². The molecule has 2 aromatic rings. The number of nitrogens with zero attached hydrogens (tertiary/aromatic N) is 4. The summed E-state index contributed by atoms with van der Waals surface area (Å²) in [5.74, 6) is 1.69. The zero-order chi connectivity index (χ0) is 10.4. The third kappa shape index (κ3) is 1.52. The molecule has 0 unspecified atom stereocenters. The molecule has 0 amide bonds. The van der Waals surface area contributed by atoms with Crippen LogP contribution in [0.2, 0.25) is 5.15 Å². The Labute approximate surface area is 91.3 Å². The first-order valence-corrected chi connectivity index (χ1v) is 5.09. The van der Waals surface area contributed by atoms with Gasteiger partial charge in [0.05, 0.1) is 6.33 Å². The van der Waals surface area contributed by atoms with Gasteiger partial charge in [0.1, 0.15) is 5.52 Å². The molecule has 0 spiro atoms. The summed E-state index contributed by atoms with van der Waals surface area (Å²) in [6.07, 6.45) is 4.14. The van der Waals surface area contributed by atoms with E-state index in [9.17, 15) is 0 Å². The van der Waals surface area contributed by atoms with Crippen LogP contribution in [0.15, 0.2) is 6.33 Å². The van der Waals surface area contributed by atoms with E-state index in [0.29, 0.717) is 16.3 Å². The highest BCUT2D eigenvalue weighted by Crippen LogP contribution is 2.34. The number of nitrogen functional groups attached to an aromatic ring is 1. The van der Waals surface area contributed by atoms with E-state index in [0.717, 1.165) is 6.54 Å². The molecule has 0 aromatic carbocycles. The molecule has 1 radical (unpaired) electrons. The number of hydrogen-bond acceptors (Lipinski definition) is 4. The number of fused-ring (bicyclic) bond motifs is 1. The van der Waals surface area contributed by atoms with Crippen LogP contribution in [0.3, 0.4) is 0 Å². The molecule has 0 atom stereocenters. The van der Waals surface area contributed by atoms with Crippen molar-refractivity contribution < 1.29 is 0 Å². The maximum absolute atomic E-state index is 5.91. The molecule has 1 fully saturated rings. The molecule has 3 rings (SSSR count). The number of hydrogen-bond donors (Lipinski definition) is 1. The SMILES string of the molecule is Nc1nc(Cl)c2ncn(C[C]3CC3)c2n1. The first-order valence-electron chi connectivity index (χ1n) is 4.71. The van der Waals surface area contributed by atoms with Crippen LogP contribution in [0.5, 0.6) is 0 Å². The van der Waals surface area contributed by atoms with Crippen LogP contribution >= 0.6 is 11.6 Å². The second-order valence-corrected chi connectivity index (χ2v) is 4.03. The lowest BCUT2D eigenvalue weighted by molar-refractivity contribution is 0.778. The summed E-state index contributed by atoms with van der Waals surface area (Å²) in [4.78, 5) is 12.2. The van der Waals surface area contributed by atoms with Gasteiger partial charge in [-0.2, -0.15) is 9.97 Å². The molecule has 0 bridgehead atoms. The van der Waals surface area contributed by atoms with E-state index in [1.807, 2.05) is 4.57 Å². The topological polar surface area (TPSA) is 69.6 Å². The summed E-state index contributed by atoms with van der Waals surface area (Å²) in [5.41, 5.74) is 6.88. The molecule has 1 aliphatic carbocycles. The Hall–Kier alpha value is -1.36. The molecule has 77 valence electrons. The Morgan fingerprint density at radius 2 is 2.20 bits per heavy atom. The minimum absolute atomic E-state index is 0.190. The van der Waals surface area contributed by atoms with Crippen LogP contribution in [0, 0.1) is 5.92 Å². The van der Waals surface area contributed by atoms with Gasteiger partial charge in [-0.25, -0.2) is 4.98 Å². The van der Waals surface area contributed by atoms with E-state index < -0.39 is 0 Å². The van der Waals surface area contributed by atoms with Crippen molar-refractivity contribution in [1.29, 1.82) is 0 Å². The van der Waals surface area contributed by atoms with Crippen LogP contribution in [-0.4, -0.2) is 19.5 Å². The lowest BCUT2D eigenvalue weighted by Gasteiger charge is -2.01. The van der Waals surface area contributed by atoms with E-state index >= 15 is 0 Å². The third-order valence-electron chi connectivity index (χ3n) is 2.44. The van der Waals surface area contributed by atoms with Crippen molar-refractivity contribution in [3.63, 3.8) is 0 Å². The van der Waals surface area contributed by atoms with Gasteiger partial charge in [0.15, 0.2) is 10.8 Å². The van der Waals surface area contributed by atoms with E-state index in [1.165, 1.54) is 18.8 Å². The van der Waals surface area contributed by atoms with Gasteiger partial charge < -0.3 is 10.3 Å². The van der Waals surface area contributed by atoms with Crippen molar-refractivity contribution in [1.82, 2.24) is 19.5 Å². The van der Waals surface area contributed by atoms with Crippen LogP contribution in [0.25, 0.3) is 11.2 Å². The molecule has 1 aliphatic rings. The zero-order valence-electron chi connectivity index (χ0n) is 7.94. The largest absolute Gasteiger partial charge is 0.368 e. The van der Waals surface area contributed by atoms with Crippen molar-refractivity contribution in [2.45, 2.75) is 19.4 Å². The molecule has 2 N–H and O–H groups in total. The minimum atomic E-state index is 0.190. The fourth-order valence-corrected chi connectivity index (χ4v) is 1.75. The molecule has 2 heterocycles. The molecule has 0 saturated heterocycles. The minimum Gasteiger partial charge on any atom is -0.368 e. The predicted molar refractivity (Wildman–Crippen MR) is 57.2 cm³/mol. The first kappa shape index (κ1) is 8.91. The van der Waals surface area contributed by atoms with E-state index in [2.05, 4.69) is 15.0 Å². The van der Waals surface area contributed by atoms with Crippen LogP contribution in [-0.2, 0) is 6.54 Å². The van der Waals surface area contributed by atoms with Crippen molar-refractivity contribution in [3.8, 4) is 0 Å². The average molecular weight is 223 g/mol. The smallest absolute Gasteiger partial charge is 0.223 e. The molecule has 1 saturated carbocycles. The number of halogens is 1. The fraction of sp³-hybridized carbons (Fsp3) is 0.333. The third-order valence-corrected chi connectivity index (χ3v) is 2.70. The fourth-order valence-electron chi connectivity index (χ4n) is 1.53. The van der Waals surface area contributed by atoms with Gasteiger partial charge in [0.2, 0.25) is 5.95 Å². The molecule has 2 aromatic heterocycles. The quantitative estimate of drug-likeness (QED) is 0.781. The summed E-state index contributed by atoms with van der Waals surface area (Å²) in [7, 11) is 0. The maximum Gasteiger partial charge on any atom is 0.223 e. The maximum atomic E-state index is 5.91. The first-order chi connectivity index (χ1) is 7.24. The van der Waals surface area contributed by atoms with Gasteiger partial charge in [0, 0.05) is 6.54 Å². The Bertz CT molecular complexity index is 516. The highest BCUT2D eigenvalue weighted by atomic mass is 35.5. The lowest BCUT2D eigenvalue weighted by atomic mass is 10.4. The Kier molecular flexibility index (Phi) is 1.82. The van der Waals surface area contributed by atoms with Gasteiger partial charge >= 0.3 is 0 Å². The van der Waals surface area contributed by atoms with E-state index in [1.54, 1.807) is 6.33 Å². The Balaban J connectivity index is 2.14. The predicted octanol–water partition coefficient (Wildman–Crippen LogP) is 1.43. The highest BCUT2D eigenvalue weighted by molar-refractivity contribution is 6.33. The molecule has 6 heteroatoms. The zero-order valence-corrected chi connectivity index (χ0v) is 8.70. The molecular formula is C9H9ClN5. The van der Waals surface area contributed by atoms with Crippen LogP contribution in [0.4, 0.5) is 5.95 Å². The monoisotopic (exact) mass is 222 g/mol. The van der Waals surface area contributed by atoms with Crippen LogP contribution in [0.1, 0.15) is 12.8 Å². The number of nitrogens with two attached hydrogens (primary N) is 1. The van der Waals surface area contributed by atoms with Gasteiger partial charge in [-0.15, -0.1) is 0 Å². The molecule has 5 nitrogen and oxygen atoms in total. The number of imidazole rings is 1. The van der Waals surface area contributed by atoms with Crippen molar-refractivity contribution in [3.05, 3.63) is 17.4 Å². The Morgan fingerprint density at radius 3 is 2.93 bits per heavy atom. The molecular weight excluding hydrogens is 214 g/mol. The average Bonchev–Trinajstić information content (AvgIpc) is 2.89. The highest BCUT2D eigenvalue weighted by Gasteiger charge is 2.24. The summed E-state index contributed by atoms with van der Waals surface area (Å²) in [6, 6.07) is 0. The van der Waals surface area contributed by atoms with Crippen LogP contribution < -0.4 is 5.73 Å². The molecule has 0 aliphatic heterocycles. The summed E-state index contributed by atoms with van der Waals surface area (Å²) < 4.78 is 1.96. The van der Waals surface area contributed by atoms with E-state index in [-0.39, 0.29) is 5.95 Å². The van der Waals surface area contributed by atoms with Gasteiger partial charge in [-0.1, -0.05) is 11.6 Å². The second-order valence-electron chi connectivity index (χ2n) is 3.67. The van der Waals surface area contributed by atoms with Gasteiger partial charge in [0.25, 0.3) is 0 Å². The summed E-state index contributed by atoms with van der Waals surface area (Å²) in [6.45, 7) is 0.864.